The number of hydrogen-bond donors (Lipinski definition) is 0. The standard InChI is InChI=1S/C5H3N4/c1-2-9-4-6-3-8-5(9)7-1/h1-2,4H. The van der Waals surface area contributed by atoms with E-state index in [2.05, 4.69) is 21.3 Å². The molecule has 2 rings (SSSR count). The summed E-state index contributed by atoms with van der Waals surface area (Å²) in [6.45, 7) is 0. The van der Waals surface area contributed by atoms with Gasteiger partial charge in [0.25, 0.3) is 0 Å². The SMILES string of the molecule is [c]1ncn2ccnc2n1. The molecule has 0 saturated carbocycles. The third-order valence-corrected chi connectivity index (χ3v) is 1.04. The lowest BCUT2D eigenvalue weighted by Gasteiger charge is -1.83. The van der Waals surface area contributed by atoms with E-state index in [4.69, 9.17) is 0 Å². The van der Waals surface area contributed by atoms with Crippen LogP contribution in [0, 0.1) is 6.33 Å². The molecule has 0 atom stereocenters. The van der Waals surface area contributed by atoms with Gasteiger partial charge in [0.1, 0.15) is 6.33 Å². The largest absolute Gasteiger partial charge is 0.274 e. The van der Waals surface area contributed by atoms with E-state index in [0.717, 1.165) is 0 Å². The second kappa shape index (κ2) is 1.51. The molecule has 1 radical (unpaired) electrons. The van der Waals surface area contributed by atoms with Gasteiger partial charge in [-0.25, -0.2) is 9.97 Å². The van der Waals surface area contributed by atoms with Crippen LogP contribution >= 0.6 is 0 Å². The molecule has 0 amide bonds. The highest BCUT2D eigenvalue weighted by molar-refractivity contribution is 5.23. The van der Waals surface area contributed by atoms with Crippen LogP contribution in [0.2, 0.25) is 0 Å². The van der Waals surface area contributed by atoms with E-state index in [0.29, 0.717) is 5.78 Å². The van der Waals surface area contributed by atoms with Gasteiger partial charge >= 0.3 is 0 Å². The van der Waals surface area contributed by atoms with Crippen molar-refractivity contribution in [3.8, 4) is 0 Å². The number of rotatable bonds is 0. The summed E-state index contributed by atoms with van der Waals surface area (Å²) in [6, 6.07) is 0. The predicted molar refractivity (Wildman–Crippen MR) is 29.6 cm³/mol. The summed E-state index contributed by atoms with van der Waals surface area (Å²) >= 11 is 0. The van der Waals surface area contributed by atoms with E-state index in [9.17, 15) is 0 Å². The Morgan fingerprint density at radius 1 is 1.56 bits per heavy atom. The quantitative estimate of drug-likeness (QED) is 0.487. The van der Waals surface area contributed by atoms with E-state index in [1.54, 1.807) is 23.1 Å². The summed E-state index contributed by atoms with van der Waals surface area (Å²) in [5, 5.41) is 0. The zero-order valence-electron chi connectivity index (χ0n) is 4.52. The van der Waals surface area contributed by atoms with Crippen molar-refractivity contribution in [2.24, 2.45) is 0 Å². The fourth-order valence-corrected chi connectivity index (χ4v) is 0.643. The monoisotopic (exact) mass is 119 g/mol. The first-order chi connectivity index (χ1) is 4.47. The fraction of sp³-hybridized carbons (Fsp3) is 0. The Labute approximate surface area is 51.2 Å². The Morgan fingerprint density at radius 3 is 3.44 bits per heavy atom. The second-order valence-electron chi connectivity index (χ2n) is 1.59. The molecule has 0 aliphatic heterocycles. The van der Waals surface area contributed by atoms with Crippen LogP contribution < -0.4 is 0 Å². The molecule has 0 unspecified atom stereocenters. The molecule has 4 heteroatoms. The maximum atomic E-state index is 3.90. The minimum absolute atomic E-state index is 0.630. The molecule has 2 aromatic heterocycles. The van der Waals surface area contributed by atoms with Crippen molar-refractivity contribution in [1.82, 2.24) is 19.4 Å². The molecule has 9 heavy (non-hydrogen) atoms. The first-order valence-corrected chi connectivity index (χ1v) is 2.48. The minimum atomic E-state index is 0.630. The highest BCUT2D eigenvalue weighted by Gasteiger charge is 1.88. The molecule has 0 aliphatic rings. The predicted octanol–water partition coefficient (Wildman–Crippen LogP) is -0.0755. The van der Waals surface area contributed by atoms with Crippen molar-refractivity contribution < 1.29 is 0 Å². The summed E-state index contributed by atoms with van der Waals surface area (Å²) in [7, 11) is 0. The van der Waals surface area contributed by atoms with E-state index in [1.807, 2.05) is 0 Å². The molecule has 0 fully saturated rings. The molecule has 4 nitrogen and oxygen atoms in total. The van der Waals surface area contributed by atoms with Crippen molar-refractivity contribution in [3.63, 3.8) is 0 Å². The van der Waals surface area contributed by atoms with E-state index < -0.39 is 0 Å². The first kappa shape index (κ1) is 4.43. The maximum Gasteiger partial charge on any atom is 0.237 e. The molecule has 0 N–H and O–H groups in total. The van der Waals surface area contributed by atoms with Crippen molar-refractivity contribution in [1.29, 1.82) is 0 Å². The van der Waals surface area contributed by atoms with Gasteiger partial charge in [-0.3, -0.25) is 4.40 Å². The van der Waals surface area contributed by atoms with Crippen molar-refractivity contribution in [2.45, 2.75) is 0 Å². The number of aromatic nitrogens is 4. The van der Waals surface area contributed by atoms with Crippen LogP contribution in [0.3, 0.4) is 0 Å². The first-order valence-electron chi connectivity index (χ1n) is 2.48. The maximum absolute atomic E-state index is 3.90. The van der Waals surface area contributed by atoms with Crippen LogP contribution in [0.1, 0.15) is 0 Å². The molecule has 43 valence electrons. The zero-order chi connectivity index (χ0) is 6.10. The number of fused-ring (bicyclic) bond motifs is 1. The third kappa shape index (κ3) is 0.561. The van der Waals surface area contributed by atoms with Gasteiger partial charge in [0.2, 0.25) is 12.1 Å². The van der Waals surface area contributed by atoms with Gasteiger partial charge in [-0.05, 0) is 0 Å². The van der Waals surface area contributed by atoms with Gasteiger partial charge in [0.05, 0.1) is 0 Å². The lowest BCUT2D eigenvalue weighted by atomic mass is 10.9. The summed E-state index contributed by atoms with van der Waals surface area (Å²) in [5.74, 6) is 0.630. The number of hydrogen-bond acceptors (Lipinski definition) is 3. The Kier molecular flexibility index (Phi) is 0.745. The van der Waals surface area contributed by atoms with Gasteiger partial charge < -0.3 is 0 Å². The molecule has 0 saturated heterocycles. The summed E-state index contributed by atoms with van der Waals surface area (Å²) in [6.07, 6.45) is 7.49. The van der Waals surface area contributed by atoms with Gasteiger partial charge in [0, 0.05) is 12.4 Å². The van der Waals surface area contributed by atoms with Crippen LogP contribution in [0.15, 0.2) is 18.7 Å². The lowest BCUT2D eigenvalue weighted by Crippen LogP contribution is -1.87. The van der Waals surface area contributed by atoms with Crippen molar-refractivity contribution in [3.05, 3.63) is 25.0 Å². The molecule has 2 aromatic rings. The van der Waals surface area contributed by atoms with Crippen LogP contribution in [-0.4, -0.2) is 19.4 Å². The molecule has 0 bridgehead atoms. The van der Waals surface area contributed by atoms with E-state index in [1.165, 1.54) is 0 Å². The molecular weight excluding hydrogens is 116 g/mol. The Bertz CT molecular complexity index is 283. The third-order valence-electron chi connectivity index (χ3n) is 1.04. The second-order valence-corrected chi connectivity index (χ2v) is 1.59. The van der Waals surface area contributed by atoms with Crippen molar-refractivity contribution >= 4 is 5.78 Å². The summed E-state index contributed by atoms with van der Waals surface area (Å²) in [4.78, 5) is 11.3. The fourth-order valence-electron chi connectivity index (χ4n) is 0.643. The van der Waals surface area contributed by atoms with Crippen LogP contribution in [0.25, 0.3) is 5.78 Å². The highest BCUT2D eigenvalue weighted by atomic mass is 15.1. The highest BCUT2D eigenvalue weighted by Crippen LogP contribution is 1.89. The number of imidazole rings is 1. The van der Waals surface area contributed by atoms with E-state index >= 15 is 0 Å². The van der Waals surface area contributed by atoms with Crippen LogP contribution in [-0.2, 0) is 0 Å². The number of nitrogens with zero attached hydrogens (tertiary/aromatic N) is 4. The summed E-state index contributed by atoms with van der Waals surface area (Å²) in [5.41, 5.74) is 0. The van der Waals surface area contributed by atoms with Gasteiger partial charge in [0.15, 0.2) is 0 Å². The Balaban J connectivity index is 2.95. The molecular formula is C5H3N4. The molecule has 0 aromatic carbocycles. The van der Waals surface area contributed by atoms with Crippen LogP contribution in [0.5, 0.6) is 0 Å². The Hall–Kier alpha value is -1.45. The van der Waals surface area contributed by atoms with E-state index in [-0.39, 0.29) is 0 Å². The lowest BCUT2D eigenvalue weighted by molar-refractivity contribution is 1.00. The topological polar surface area (TPSA) is 43.1 Å². The van der Waals surface area contributed by atoms with Gasteiger partial charge in [-0.15, -0.1) is 0 Å². The zero-order valence-corrected chi connectivity index (χ0v) is 4.52. The molecule has 0 aliphatic carbocycles. The van der Waals surface area contributed by atoms with Crippen molar-refractivity contribution in [2.75, 3.05) is 0 Å². The molecule has 0 spiro atoms. The van der Waals surface area contributed by atoms with Crippen LogP contribution in [0.4, 0.5) is 0 Å². The molecule has 2 heterocycles. The Morgan fingerprint density at radius 2 is 2.56 bits per heavy atom. The van der Waals surface area contributed by atoms with Gasteiger partial charge in [-0.2, -0.15) is 4.98 Å². The minimum Gasteiger partial charge on any atom is -0.274 e. The average molecular weight is 119 g/mol. The summed E-state index contributed by atoms with van der Waals surface area (Å²) < 4.78 is 1.72. The van der Waals surface area contributed by atoms with Gasteiger partial charge in [-0.1, -0.05) is 0 Å². The normalized spacial score (nSPS) is 10.2. The smallest absolute Gasteiger partial charge is 0.237 e. The average Bonchev–Trinajstić information content (AvgIpc) is 2.33.